The fourth-order valence-electron chi connectivity index (χ4n) is 0.977. The Hall–Kier alpha value is -1.18. The highest BCUT2D eigenvalue weighted by Gasteiger charge is 2.00. The summed E-state index contributed by atoms with van der Waals surface area (Å²) in [6.45, 7) is 0.201. The van der Waals surface area contributed by atoms with Crippen molar-refractivity contribution in [3.05, 3.63) is 23.8 Å². The number of rotatable bonds is 4. The van der Waals surface area contributed by atoms with Crippen LogP contribution in [0.3, 0.4) is 0 Å². The third-order valence-electron chi connectivity index (χ3n) is 1.72. The molecule has 1 aromatic rings. The van der Waals surface area contributed by atoms with Crippen molar-refractivity contribution >= 4 is 17.4 Å². The predicted molar refractivity (Wildman–Crippen MR) is 58.0 cm³/mol. The molecule has 0 atom stereocenters. The van der Waals surface area contributed by atoms with Crippen LogP contribution in [-0.2, 0) is 0 Å². The Morgan fingerprint density at radius 2 is 2.29 bits per heavy atom. The fourth-order valence-corrected chi connectivity index (χ4v) is 1.85. The summed E-state index contributed by atoms with van der Waals surface area (Å²) in [4.78, 5) is 1.02. The molecule has 14 heavy (non-hydrogen) atoms. The van der Waals surface area contributed by atoms with Crippen LogP contribution in [0, 0.1) is 11.3 Å². The lowest BCUT2D eigenvalue weighted by molar-refractivity contribution is 0.296. The first-order valence-corrected chi connectivity index (χ1v) is 5.29. The van der Waals surface area contributed by atoms with Crippen LogP contribution in [0.15, 0.2) is 23.1 Å². The van der Waals surface area contributed by atoms with Gasteiger partial charge >= 0.3 is 0 Å². The van der Waals surface area contributed by atoms with E-state index in [1.807, 2.05) is 12.1 Å². The number of nitrogens with zero attached hydrogens (tertiary/aromatic N) is 1. The smallest absolute Gasteiger partial charge is 0.101 e. The standard InChI is InChI=1S/C10H12N2OS/c11-7-8-6-9(2-3-10(8)12)14-5-1-4-13/h2-3,6,13H,1,4-5,12H2. The highest BCUT2D eigenvalue weighted by molar-refractivity contribution is 7.99. The van der Waals surface area contributed by atoms with E-state index in [0.29, 0.717) is 11.3 Å². The van der Waals surface area contributed by atoms with E-state index in [4.69, 9.17) is 16.1 Å². The molecule has 0 aliphatic carbocycles. The molecule has 1 rings (SSSR count). The zero-order chi connectivity index (χ0) is 10.4. The highest BCUT2D eigenvalue weighted by atomic mass is 32.2. The maximum absolute atomic E-state index is 8.74. The van der Waals surface area contributed by atoms with Crippen LogP contribution in [0.1, 0.15) is 12.0 Å². The maximum Gasteiger partial charge on any atom is 0.101 e. The van der Waals surface area contributed by atoms with Crippen LogP contribution in [-0.4, -0.2) is 17.5 Å². The van der Waals surface area contributed by atoms with Gasteiger partial charge in [-0.2, -0.15) is 5.26 Å². The lowest BCUT2D eigenvalue weighted by Gasteiger charge is -2.02. The van der Waals surface area contributed by atoms with E-state index in [1.165, 1.54) is 0 Å². The summed E-state index contributed by atoms with van der Waals surface area (Å²) in [6.07, 6.45) is 0.761. The molecule has 0 aliphatic heterocycles. The minimum Gasteiger partial charge on any atom is -0.398 e. The average Bonchev–Trinajstić information content (AvgIpc) is 2.21. The first kappa shape index (κ1) is 10.9. The van der Waals surface area contributed by atoms with Crippen LogP contribution < -0.4 is 5.73 Å². The van der Waals surface area contributed by atoms with Crippen LogP contribution in [0.2, 0.25) is 0 Å². The number of hydrogen-bond donors (Lipinski definition) is 2. The van der Waals surface area contributed by atoms with Crippen molar-refractivity contribution in [2.24, 2.45) is 0 Å². The lowest BCUT2D eigenvalue weighted by Crippen LogP contribution is -1.91. The molecule has 1 aromatic carbocycles. The van der Waals surface area contributed by atoms with Crippen molar-refractivity contribution in [3.63, 3.8) is 0 Å². The predicted octanol–water partition coefficient (Wildman–Crippen LogP) is 1.61. The summed E-state index contributed by atoms with van der Waals surface area (Å²) in [5, 5.41) is 17.3. The minimum absolute atomic E-state index is 0.201. The van der Waals surface area contributed by atoms with E-state index in [0.717, 1.165) is 17.1 Å². The van der Waals surface area contributed by atoms with E-state index >= 15 is 0 Å². The van der Waals surface area contributed by atoms with Crippen molar-refractivity contribution < 1.29 is 5.11 Å². The number of aliphatic hydroxyl groups excluding tert-OH is 1. The van der Waals surface area contributed by atoms with Gasteiger partial charge in [0.05, 0.1) is 5.56 Å². The molecular formula is C10H12N2OS. The van der Waals surface area contributed by atoms with Crippen molar-refractivity contribution in [3.8, 4) is 6.07 Å². The Bertz CT molecular complexity index is 346. The van der Waals surface area contributed by atoms with E-state index < -0.39 is 0 Å². The minimum atomic E-state index is 0.201. The third kappa shape index (κ3) is 2.95. The SMILES string of the molecule is N#Cc1cc(SCCCO)ccc1N. The number of anilines is 1. The van der Waals surface area contributed by atoms with Gasteiger partial charge in [-0.25, -0.2) is 0 Å². The molecule has 0 radical (unpaired) electrons. The van der Waals surface area contributed by atoms with Gasteiger partial charge < -0.3 is 10.8 Å². The molecule has 0 spiro atoms. The molecule has 0 aromatic heterocycles. The normalized spacial score (nSPS) is 9.71. The van der Waals surface area contributed by atoms with Gasteiger partial charge in [0.1, 0.15) is 6.07 Å². The van der Waals surface area contributed by atoms with Gasteiger partial charge in [0.25, 0.3) is 0 Å². The number of nitrogen functional groups attached to an aromatic ring is 1. The van der Waals surface area contributed by atoms with Gasteiger partial charge in [0, 0.05) is 22.9 Å². The molecule has 0 amide bonds. The fraction of sp³-hybridized carbons (Fsp3) is 0.300. The molecule has 0 aliphatic rings. The van der Waals surface area contributed by atoms with Crippen molar-refractivity contribution in [1.29, 1.82) is 5.26 Å². The largest absolute Gasteiger partial charge is 0.398 e. The maximum atomic E-state index is 8.74. The topological polar surface area (TPSA) is 70.0 Å². The van der Waals surface area contributed by atoms with E-state index in [1.54, 1.807) is 23.9 Å². The Labute approximate surface area is 87.5 Å². The summed E-state index contributed by atoms with van der Waals surface area (Å²) in [7, 11) is 0. The zero-order valence-electron chi connectivity index (χ0n) is 7.73. The zero-order valence-corrected chi connectivity index (χ0v) is 8.55. The molecule has 3 N–H and O–H groups in total. The lowest BCUT2D eigenvalue weighted by atomic mass is 10.2. The molecule has 0 unspecified atom stereocenters. The number of thioether (sulfide) groups is 1. The van der Waals surface area contributed by atoms with Crippen molar-refractivity contribution in [1.82, 2.24) is 0 Å². The first-order chi connectivity index (χ1) is 6.77. The van der Waals surface area contributed by atoms with Crippen LogP contribution in [0.4, 0.5) is 5.69 Å². The van der Waals surface area contributed by atoms with Gasteiger partial charge in [-0.1, -0.05) is 0 Å². The third-order valence-corrected chi connectivity index (χ3v) is 2.80. The second-order valence-corrected chi connectivity index (χ2v) is 3.95. The monoisotopic (exact) mass is 208 g/mol. The molecule has 0 bridgehead atoms. The second kappa shape index (κ2) is 5.53. The number of hydrogen-bond acceptors (Lipinski definition) is 4. The quantitative estimate of drug-likeness (QED) is 0.448. The Balaban J connectivity index is 2.66. The summed E-state index contributed by atoms with van der Waals surface area (Å²) in [5.74, 6) is 0.852. The van der Waals surface area contributed by atoms with E-state index in [2.05, 4.69) is 0 Å². The van der Waals surface area contributed by atoms with Gasteiger partial charge in [0.2, 0.25) is 0 Å². The Morgan fingerprint density at radius 1 is 1.50 bits per heavy atom. The number of aliphatic hydroxyl groups is 1. The van der Waals surface area contributed by atoms with E-state index in [9.17, 15) is 0 Å². The van der Waals surface area contributed by atoms with Crippen molar-refractivity contribution in [2.45, 2.75) is 11.3 Å². The highest BCUT2D eigenvalue weighted by Crippen LogP contribution is 2.22. The van der Waals surface area contributed by atoms with Gasteiger partial charge in [0.15, 0.2) is 0 Å². The van der Waals surface area contributed by atoms with Crippen molar-refractivity contribution in [2.75, 3.05) is 18.1 Å². The molecule has 4 heteroatoms. The summed E-state index contributed by atoms with van der Waals surface area (Å²) >= 11 is 1.62. The molecule has 0 fully saturated rings. The van der Waals surface area contributed by atoms with Crippen LogP contribution in [0.25, 0.3) is 0 Å². The molecule has 74 valence electrons. The molecule has 3 nitrogen and oxygen atoms in total. The molecule has 0 saturated carbocycles. The van der Waals surface area contributed by atoms with Gasteiger partial charge in [-0.15, -0.1) is 11.8 Å². The molecule has 0 saturated heterocycles. The Morgan fingerprint density at radius 3 is 2.93 bits per heavy atom. The summed E-state index contributed by atoms with van der Waals surface area (Å²) in [6, 6.07) is 7.44. The van der Waals surface area contributed by atoms with Gasteiger partial charge in [-0.3, -0.25) is 0 Å². The van der Waals surface area contributed by atoms with E-state index in [-0.39, 0.29) is 6.61 Å². The summed E-state index contributed by atoms with van der Waals surface area (Å²) < 4.78 is 0. The number of nitriles is 1. The first-order valence-electron chi connectivity index (χ1n) is 4.31. The molecular weight excluding hydrogens is 196 g/mol. The van der Waals surface area contributed by atoms with Crippen LogP contribution in [0.5, 0.6) is 0 Å². The van der Waals surface area contributed by atoms with Gasteiger partial charge in [-0.05, 0) is 24.6 Å². The number of benzene rings is 1. The molecule has 0 heterocycles. The Kier molecular flexibility index (Phi) is 4.30. The average molecular weight is 208 g/mol. The summed E-state index contributed by atoms with van der Waals surface area (Å²) in [5.41, 5.74) is 6.61. The number of nitrogens with two attached hydrogens (primary N) is 1. The second-order valence-electron chi connectivity index (χ2n) is 2.79. The van der Waals surface area contributed by atoms with Crippen LogP contribution >= 0.6 is 11.8 Å².